The van der Waals surface area contributed by atoms with Crippen LogP contribution in [-0.2, 0) is 19.0 Å². The number of cyclic esters (lactones) is 1. The van der Waals surface area contributed by atoms with Gasteiger partial charge < -0.3 is 24.8 Å². The molecule has 1 heterocycles. The maximum Gasteiger partial charge on any atom is 0.408 e. The smallest absolute Gasteiger partial charge is 0.408 e. The highest BCUT2D eigenvalue weighted by atomic mass is 16.6. The van der Waals surface area contributed by atoms with Crippen LogP contribution in [0.15, 0.2) is 48.5 Å². The number of carbonyl (C=O) groups is 3. The first-order chi connectivity index (χ1) is 15.7. The van der Waals surface area contributed by atoms with Gasteiger partial charge >= 0.3 is 18.2 Å². The van der Waals surface area contributed by atoms with Crippen LogP contribution >= 0.6 is 0 Å². The van der Waals surface area contributed by atoms with Gasteiger partial charge in [0.2, 0.25) is 0 Å². The van der Waals surface area contributed by atoms with Crippen molar-refractivity contribution in [1.29, 1.82) is 0 Å². The largest absolute Gasteiger partial charge is 0.459 e. The average Bonchev–Trinajstić information content (AvgIpc) is 3.27. The van der Waals surface area contributed by atoms with Crippen molar-refractivity contribution in [1.82, 2.24) is 10.6 Å². The molecular formula is C25H28N2O6. The normalized spacial score (nSPS) is 19.3. The van der Waals surface area contributed by atoms with Crippen LogP contribution in [0.4, 0.5) is 9.59 Å². The lowest BCUT2D eigenvalue weighted by atomic mass is 9.98. The lowest BCUT2D eigenvalue weighted by molar-refractivity contribution is -0.142. The Hall–Kier alpha value is -3.55. The zero-order valence-corrected chi connectivity index (χ0v) is 18.9. The Bertz CT molecular complexity index is 1020. The summed E-state index contributed by atoms with van der Waals surface area (Å²) in [6.07, 6.45) is -1.59. The summed E-state index contributed by atoms with van der Waals surface area (Å²) >= 11 is 0. The van der Waals surface area contributed by atoms with E-state index in [2.05, 4.69) is 34.9 Å². The quantitative estimate of drug-likeness (QED) is 0.529. The van der Waals surface area contributed by atoms with Gasteiger partial charge in [-0.25, -0.2) is 14.4 Å². The molecule has 8 heteroatoms. The third kappa shape index (κ3) is 5.27. The molecule has 0 bridgehead atoms. The van der Waals surface area contributed by atoms with E-state index in [1.807, 2.05) is 24.3 Å². The van der Waals surface area contributed by atoms with Crippen molar-refractivity contribution in [2.45, 2.75) is 50.9 Å². The number of rotatable bonds is 5. The number of benzene rings is 2. The van der Waals surface area contributed by atoms with E-state index >= 15 is 0 Å². The van der Waals surface area contributed by atoms with Gasteiger partial charge in [0.15, 0.2) is 0 Å². The third-order valence-corrected chi connectivity index (χ3v) is 5.57. The van der Waals surface area contributed by atoms with E-state index in [-0.39, 0.29) is 25.5 Å². The van der Waals surface area contributed by atoms with Crippen molar-refractivity contribution in [3.05, 3.63) is 59.7 Å². The molecule has 4 rings (SSSR count). The number of carbonyl (C=O) groups excluding carboxylic acids is 3. The topological polar surface area (TPSA) is 103 Å². The van der Waals surface area contributed by atoms with Gasteiger partial charge in [0, 0.05) is 12.3 Å². The van der Waals surface area contributed by atoms with Crippen molar-refractivity contribution in [3.63, 3.8) is 0 Å². The van der Waals surface area contributed by atoms with Crippen LogP contribution in [0, 0.1) is 0 Å². The van der Waals surface area contributed by atoms with Crippen LogP contribution in [0.5, 0.6) is 0 Å². The molecule has 174 valence electrons. The minimum atomic E-state index is -0.811. The number of ether oxygens (including phenoxy) is 3. The number of esters is 1. The molecule has 1 saturated heterocycles. The second-order valence-corrected chi connectivity index (χ2v) is 9.20. The van der Waals surface area contributed by atoms with Gasteiger partial charge in [-0.1, -0.05) is 48.5 Å². The maximum absolute atomic E-state index is 12.3. The lowest BCUT2D eigenvalue weighted by Crippen LogP contribution is -2.41. The van der Waals surface area contributed by atoms with Gasteiger partial charge in [0.25, 0.3) is 0 Å². The predicted molar refractivity (Wildman–Crippen MR) is 121 cm³/mol. The first-order valence-electron chi connectivity index (χ1n) is 11.0. The third-order valence-electron chi connectivity index (χ3n) is 5.57. The van der Waals surface area contributed by atoms with E-state index < -0.39 is 35.9 Å². The predicted octanol–water partition coefficient (Wildman–Crippen LogP) is 3.73. The number of hydrogen-bond acceptors (Lipinski definition) is 6. The molecule has 2 aromatic rings. The van der Waals surface area contributed by atoms with Crippen LogP contribution in [0.3, 0.4) is 0 Å². The van der Waals surface area contributed by atoms with E-state index in [1.54, 1.807) is 20.8 Å². The molecule has 0 spiro atoms. The summed E-state index contributed by atoms with van der Waals surface area (Å²) in [6, 6.07) is 15.4. The Labute approximate surface area is 192 Å². The average molecular weight is 453 g/mol. The minimum Gasteiger partial charge on any atom is -0.459 e. The van der Waals surface area contributed by atoms with Crippen LogP contribution in [0.1, 0.15) is 44.2 Å². The SMILES string of the molecule is CC(C)(C)OC(=O)N[C@H]1C[C@H](CNC(=O)OCC2c3ccccc3-c3ccccc32)OC1=O. The van der Waals surface area contributed by atoms with Crippen molar-refractivity contribution in [3.8, 4) is 11.1 Å². The molecule has 33 heavy (non-hydrogen) atoms. The standard InChI is InChI=1S/C25H28N2O6/c1-25(2,3)33-24(30)27-21-12-15(32-22(21)28)13-26-23(29)31-14-20-18-10-6-4-8-16(18)17-9-5-7-11-19(17)20/h4-11,15,20-21H,12-14H2,1-3H3,(H,26,29)(H,27,30)/t15-,21+/m1/s1. The van der Waals surface area contributed by atoms with Gasteiger partial charge in [0.05, 0.1) is 6.54 Å². The second-order valence-electron chi connectivity index (χ2n) is 9.20. The number of fused-ring (bicyclic) bond motifs is 3. The molecule has 0 unspecified atom stereocenters. The summed E-state index contributed by atoms with van der Waals surface area (Å²) in [5.74, 6) is -0.588. The van der Waals surface area contributed by atoms with Crippen LogP contribution in [0.25, 0.3) is 11.1 Å². The molecule has 1 fully saturated rings. The number of alkyl carbamates (subject to hydrolysis) is 2. The number of amides is 2. The van der Waals surface area contributed by atoms with E-state index in [4.69, 9.17) is 14.2 Å². The first kappa shape index (κ1) is 22.6. The van der Waals surface area contributed by atoms with Gasteiger partial charge in [-0.15, -0.1) is 0 Å². The fourth-order valence-corrected chi connectivity index (χ4v) is 4.19. The van der Waals surface area contributed by atoms with Crippen LogP contribution in [-0.4, -0.2) is 49.1 Å². The van der Waals surface area contributed by atoms with Crippen molar-refractivity contribution < 1.29 is 28.6 Å². The molecule has 1 aliphatic carbocycles. The first-order valence-corrected chi connectivity index (χ1v) is 11.0. The van der Waals surface area contributed by atoms with Gasteiger partial charge in [0.1, 0.15) is 24.4 Å². The van der Waals surface area contributed by atoms with E-state index in [0.29, 0.717) is 0 Å². The summed E-state index contributed by atoms with van der Waals surface area (Å²) < 4.78 is 15.9. The van der Waals surface area contributed by atoms with Crippen LogP contribution in [0.2, 0.25) is 0 Å². The molecule has 8 nitrogen and oxygen atoms in total. The van der Waals surface area contributed by atoms with Gasteiger partial charge in [-0.2, -0.15) is 0 Å². The molecule has 2 N–H and O–H groups in total. The van der Waals surface area contributed by atoms with Gasteiger partial charge in [-0.3, -0.25) is 0 Å². The van der Waals surface area contributed by atoms with Gasteiger partial charge in [-0.05, 0) is 43.0 Å². The zero-order valence-electron chi connectivity index (χ0n) is 18.9. The zero-order chi connectivity index (χ0) is 23.6. The highest BCUT2D eigenvalue weighted by Gasteiger charge is 2.37. The fraction of sp³-hybridized carbons (Fsp3) is 0.400. The molecule has 2 aliphatic rings. The summed E-state index contributed by atoms with van der Waals surface area (Å²) in [7, 11) is 0. The highest BCUT2D eigenvalue weighted by molar-refractivity contribution is 5.83. The molecule has 0 saturated carbocycles. The Morgan fingerprint density at radius 3 is 2.21 bits per heavy atom. The Balaban J connectivity index is 1.26. The maximum atomic E-state index is 12.3. The monoisotopic (exact) mass is 452 g/mol. The Morgan fingerprint density at radius 2 is 1.61 bits per heavy atom. The van der Waals surface area contributed by atoms with Crippen molar-refractivity contribution in [2.24, 2.45) is 0 Å². The Kier molecular flexibility index (Phi) is 6.26. The Morgan fingerprint density at radius 1 is 1.00 bits per heavy atom. The summed E-state index contributed by atoms with van der Waals surface area (Å²) in [4.78, 5) is 36.2. The molecule has 2 atom stereocenters. The van der Waals surface area contributed by atoms with E-state index in [0.717, 1.165) is 22.3 Å². The van der Waals surface area contributed by atoms with Crippen molar-refractivity contribution >= 4 is 18.2 Å². The molecule has 1 aliphatic heterocycles. The summed E-state index contributed by atoms with van der Waals surface area (Å²) in [6.45, 7) is 5.50. The van der Waals surface area contributed by atoms with E-state index in [9.17, 15) is 14.4 Å². The van der Waals surface area contributed by atoms with Crippen LogP contribution < -0.4 is 10.6 Å². The second kappa shape index (κ2) is 9.13. The van der Waals surface area contributed by atoms with E-state index in [1.165, 1.54) is 0 Å². The molecule has 0 aromatic heterocycles. The molecule has 2 amide bonds. The lowest BCUT2D eigenvalue weighted by Gasteiger charge is -2.20. The molecular weight excluding hydrogens is 424 g/mol. The molecule has 0 radical (unpaired) electrons. The fourth-order valence-electron chi connectivity index (χ4n) is 4.19. The van der Waals surface area contributed by atoms with Crippen molar-refractivity contribution in [2.75, 3.05) is 13.2 Å². The summed E-state index contributed by atoms with van der Waals surface area (Å²) in [5, 5.41) is 5.15. The summed E-state index contributed by atoms with van der Waals surface area (Å²) in [5.41, 5.74) is 3.91. The number of hydrogen-bond donors (Lipinski definition) is 2. The molecule has 2 aromatic carbocycles. The number of nitrogens with one attached hydrogen (secondary N) is 2. The minimum absolute atomic E-state index is 0.0325. The highest BCUT2D eigenvalue weighted by Crippen LogP contribution is 2.44.